The summed E-state index contributed by atoms with van der Waals surface area (Å²) in [4.78, 5) is 42.1. The molecule has 3 amide bonds. The van der Waals surface area contributed by atoms with E-state index < -0.39 is 42.2 Å². The maximum absolute atomic E-state index is 14.3. The van der Waals surface area contributed by atoms with Crippen molar-refractivity contribution in [2.45, 2.75) is 51.8 Å². The predicted molar refractivity (Wildman–Crippen MR) is 161 cm³/mol. The highest BCUT2D eigenvalue weighted by Crippen LogP contribution is 2.33. The van der Waals surface area contributed by atoms with Gasteiger partial charge in [-0.15, -0.1) is 0 Å². The lowest BCUT2D eigenvalue weighted by Gasteiger charge is -2.34. The molecule has 3 aromatic rings. The molecule has 5 N–H and O–H groups in total. The van der Waals surface area contributed by atoms with Crippen LogP contribution in [0.15, 0.2) is 66.7 Å². The first-order valence-electron chi connectivity index (χ1n) is 13.7. The maximum Gasteiger partial charge on any atom is 0.408 e. The zero-order valence-electron chi connectivity index (χ0n) is 25.0. The Morgan fingerprint density at radius 3 is 2.19 bits per heavy atom. The van der Waals surface area contributed by atoms with Gasteiger partial charge < -0.3 is 40.3 Å². The lowest BCUT2D eigenvalue weighted by atomic mass is 9.98. The number of alkyl carbamates (subject to hydrolysis) is 1. The number of methoxy groups -OCH3 is 1. The second-order valence-electron chi connectivity index (χ2n) is 11.0. The number of benzene rings is 3. The summed E-state index contributed by atoms with van der Waals surface area (Å²) in [6.45, 7) is 5.90. The average molecular weight is 594 g/mol. The molecule has 0 radical (unpaired) electrons. The van der Waals surface area contributed by atoms with Gasteiger partial charge in [0.15, 0.2) is 0 Å². The molecule has 0 aliphatic heterocycles. The average Bonchev–Trinajstić information content (AvgIpc) is 2.94. The zero-order valence-corrected chi connectivity index (χ0v) is 25.0. The van der Waals surface area contributed by atoms with Crippen LogP contribution in [0.3, 0.4) is 0 Å². The minimum absolute atomic E-state index is 0.0209. The van der Waals surface area contributed by atoms with Crippen molar-refractivity contribution in [2.24, 2.45) is 0 Å². The number of aryl methyl sites for hydroxylation is 1. The summed E-state index contributed by atoms with van der Waals surface area (Å²) >= 11 is 0. The molecule has 3 aromatic carbocycles. The monoisotopic (exact) mass is 593 g/mol. The van der Waals surface area contributed by atoms with E-state index in [-0.39, 0.29) is 30.0 Å². The summed E-state index contributed by atoms with van der Waals surface area (Å²) in [6, 6.07) is 14.9. The molecule has 3 rings (SSSR count). The number of hydrogen-bond donors (Lipinski definition) is 5. The van der Waals surface area contributed by atoms with Gasteiger partial charge in [0.05, 0.1) is 13.7 Å². The van der Waals surface area contributed by atoms with Gasteiger partial charge >= 0.3 is 6.09 Å². The Hall–Kier alpha value is -4.77. The number of nitrogens with one attached hydrogen (secondary N) is 2. The first-order valence-corrected chi connectivity index (χ1v) is 13.7. The lowest BCUT2D eigenvalue weighted by Crippen LogP contribution is -2.53. The molecular formula is C32H39N3O8. The molecule has 230 valence electrons. The third-order valence-electron chi connectivity index (χ3n) is 6.47. The third-order valence-corrected chi connectivity index (χ3v) is 6.47. The minimum Gasteiger partial charge on any atom is -0.508 e. The fourth-order valence-corrected chi connectivity index (χ4v) is 4.43. The second kappa shape index (κ2) is 14.4. The van der Waals surface area contributed by atoms with Crippen molar-refractivity contribution in [2.75, 3.05) is 25.6 Å². The molecule has 0 heterocycles. The number of anilines is 1. The van der Waals surface area contributed by atoms with E-state index in [4.69, 9.17) is 9.47 Å². The van der Waals surface area contributed by atoms with E-state index >= 15 is 0 Å². The van der Waals surface area contributed by atoms with Crippen LogP contribution in [0.2, 0.25) is 0 Å². The standard InChI is InChI=1S/C32H39N3O8/c1-20-7-6-8-25(28(20)38)27(29(39)33-22-11-15-24(42-5)16-12-22)35(17-18-36)30(40)26(34-31(41)43-32(2,3)4)19-21-9-13-23(37)14-10-21/h6-16,26-27,36-38H,17-19H2,1-5H3,(H,33,39)(H,34,41). The van der Waals surface area contributed by atoms with Gasteiger partial charge in [0.2, 0.25) is 5.91 Å². The SMILES string of the molecule is COc1ccc(NC(=O)C(c2cccc(C)c2O)N(CCO)C(=O)C(Cc2ccc(O)cc2)NC(=O)OC(C)(C)C)cc1. The molecule has 0 aliphatic rings. The number of phenols is 2. The van der Waals surface area contributed by atoms with Crippen LogP contribution >= 0.6 is 0 Å². The minimum atomic E-state index is -1.40. The van der Waals surface area contributed by atoms with Gasteiger partial charge in [-0.3, -0.25) is 9.59 Å². The zero-order chi connectivity index (χ0) is 31.7. The molecular weight excluding hydrogens is 554 g/mol. The number of aromatic hydroxyl groups is 2. The van der Waals surface area contributed by atoms with Gasteiger partial charge in [-0.1, -0.05) is 30.3 Å². The number of aliphatic hydroxyl groups excluding tert-OH is 1. The van der Waals surface area contributed by atoms with Crippen LogP contribution in [0, 0.1) is 6.92 Å². The third kappa shape index (κ3) is 9.11. The van der Waals surface area contributed by atoms with E-state index in [1.807, 2.05) is 0 Å². The molecule has 0 bridgehead atoms. The molecule has 2 unspecified atom stereocenters. The Kier molecular flexibility index (Phi) is 11.0. The van der Waals surface area contributed by atoms with Crippen molar-refractivity contribution < 1.29 is 39.2 Å². The molecule has 11 heteroatoms. The van der Waals surface area contributed by atoms with Crippen molar-refractivity contribution in [3.05, 3.63) is 83.4 Å². The summed E-state index contributed by atoms with van der Waals surface area (Å²) in [5.41, 5.74) is 0.771. The molecule has 11 nitrogen and oxygen atoms in total. The van der Waals surface area contributed by atoms with Gasteiger partial charge in [-0.05, 0) is 75.2 Å². The van der Waals surface area contributed by atoms with E-state index in [0.717, 1.165) is 4.90 Å². The summed E-state index contributed by atoms with van der Waals surface area (Å²) in [5.74, 6) is -0.951. The number of rotatable bonds is 11. The van der Waals surface area contributed by atoms with Crippen molar-refractivity contribution in [1.29, 1.82) is 0 Å². The van der Waals surface area contributed by atoms with Gasteiger partial charge in [-0.2, -0.15) is 0 Å². The van der Waals surface area contributed by atoms with Crippen LogP contribution in [0.5, 0.6) is 17.2 Å². The quantitative estimate of drug-likeness (QED) is 0.223. The highest BCUT2D eigenvalue weighted by molar-refractivity contribution is 5.99. The summed E-state index contributed by atoms with van der Waals surface area (Å²) < 4.78 is 10.6. The van der Waals surface area contributed by atoms with E-state index in [0.29, 0.717) is 22.6 Å². The van der Waals surface area contributed by atoms with E-state index in [9.17, 15) is 29.7 Å². The van der Waals surface area contributed by atoms with Crippen LogP contribution in [0.4, 0.5) is 10.5 Å². The fraction of sp³-hybridized carbons (Fsp3) is 0.344. The van der Waals surface area contributed by atoms with Gasteiger partial charge in [0.1, 0.15) is 34.9 Å². The van der Waals surface area contributed by atoms with Crippen molar-refractivity contribution in [3.8, 4) is 17.2 Å². The Morgan fingerprint density at radius 2 is 1.60 bits per heavy atom. The normalized spacial score (nSPS) is 12.5. The Morgan fingerprint density at radius 1 is 0.953 bits per heavy atom. The van der Waals surface area contributed by atoms with Crippen LogP contribution in [-0.4, -0.2) is 70.0 Å². The van der Waals surface area contributed by atoms with Crippen molar-refractivity contribution in [1.82, 2.24) is 10.2 Å². The summed E-state index contributed by atoms with van der Waals surface area (Å²) in [5, 5.41) is 36.1. The molecule has 0 aromatic heterocycles. The predicted octanol–water partition coefficient (Wildman–Crippen LogP) is 4.05. The number of para-hydroxylation sites is 1. The van der Waals surface area contributed by atoms with Gasteiger partial charge in [0, 0.05) is 24.2 Å². The highest BCUT2D eigenvalue weighted by Gasteiger charge is 2.37. The lowest BCUT2D eigenvalue weighted by molar-refractivity contribution is -0.141. The van der Waals surface area contributed by atoms with Gasteiger partial charge in [0.25, 0.3) is 5.91 Å². The number of nitrogens with zero attached hydrogens (tertiary/aromatic N) is 1. The maximum atomic E-state index is 14.3. The van der Waals surface area contributed by atoms with E-state index in [1.54, 1.807) is 76.2 Å². The Bertz CT molecular complexity index is 1400. The number of phenolic OH excluding ortho intramolecular Hbond substituents is 2. The van der Waals surface area contributed by atoms with Crippen LogP contribution in [0.1, 0.15) is 43.5 Å². The fourth-order valence-electron chi connectivity index (χ4n) is 4.43. The molecule has 0 saturated heterocycles. The number of aliphatic hydroxyl groups is 1. The number of amides is 3. The number of carbonyl (C=O) groups is 3. The van der Waals surface area contributed by atoms with E-state index in [2.05, 4.69) is 10.6 Å². The number of carbonyl (C=O) groups excluding carboxylic acids is 3. The molecule has 0 fully saturated rings. The molecule has 43 heavy (non-hydrogen) atoms. The Labute approximate surface area is 251 Å². The number of hydrogen-bond acceptors (Lipinski definition) is 8. The van der Waals surface area contributed by atoms with Crippen LogP contribution < -0.4 is 15.4 Å². The molecule has 2 atom stereocenters. The highest BCUT2D eigenvalue weighted by atomic mass is 16.6. The Balaban J connectivity index is 2.07. The topological polar surface area (TPSA) is 158 Å². The summed E-state index contributed by atoms with van der Waals surface area (Å²) in [6.07, 6.45) is -0.876. The van der Waals surface area contributed by atoms with Crippen LogP contribution in [-0.2, 0) is 20.7 Å². The number of ether oxygens (including phenoxy) is 2. The first-order chi connectivity index (χ1) is 20.3. The first kappa shape index (κ1) is 32.7. The van der Waals surface area contributed by atoms with Crippen molar-refractivity contribution >= 4 is 23.6 Å². The van der Waals surface area contributed by atoms with Gasteiger partial charge in [-0.25, -0.2) is 4.79 Å². The largest absolute Gasteiger partial charge is 0.508 e. The summed E-state index contributed by atoms with van der Waals surface area (Å²) in [7, 11) is 1.52. The molecule has 0 saturated carbocycles. The molecule has 0 aliphatic carbocycles. The molecule has 0 spiro atoms. The smallest absolute Gasteiger partial charge is 0.408 e. The van der Waals surface area contributed by atoms with Crippen LogP contribution in [0.25, 0.3) is 0 Å². The second-order valence-corrected chi connectivity index (χ2v) is 11.0. The van der Waals surface area contributed by atoms with E-state index in [1.165, 1.54) is 25.3 Å². The van der Waals surface area contributed by atoms with Crippen molar-refractivity contribution in [3.63, 3.8) is 0 Å².